The van der Waals surface area contributed by atoms with Crippen molar-refractivity contribution in [2.45, 2.75) is 33.4 Å². The van der Waals surface area contributed by atoms with Gasteiger partial charge in [0.2, 0.25) is 0 Å². The molecule has 30 heavy (non-hydrogen) atoms. The topological polar surface area (TPSA) is 73.5 Å². The lowest BCUT2D eigenvalue weighted by molar-refractivity contribution is -0.124. The van der Waals surface area contributed by atoms with E-state index in [9.17, 15) is 18.4 Å². The van der Waals surface area contributed by atoms with Gasteiger partial charge in [-0.1, -0.05) is 6.07 Å². The first-order valence-corrected chi connectivity index (χ1v) is 9.36. The van der Waals surface area contributed by atoms with E-state index in [1.54, 1.807) is 32.2 Å². The molecule has 0 saturated heterocycles. The molecule has 0 saturated carbocycles. The number of nitrogens with one attached hydrogen (secondary N) is 1. The number of aromatic nitrogens is 1. The van der Waals surface area contributed by atoms with E-state index in [1.165, 1.54) is 6.07 Å². The molecule has 1 N–H and O–H groups in total. The molecule has 0 aliphatic carbocycles. The molecule has 3 aromatic rings. The van der Waals surface area contributed by atoms with E-state index in [0.717, 1.165) is 23.6 Å². The van der Waals surface area contributed by atoms with Crippen LogP contribution in [0.1, 0.15) is 46.0 Å². The molecule has 0 aliphatic rings. The van der Waals surface area contributed by atoms with Gasteiger partial charge in [-0.25, -0.2) is 13.6 Å². The summed E-state index contributed by atoms with van der Waals surface area (Å²) in [7, 11) is 0. The number of ether oxygens (including phenoxy) is 1. The normalized spacial score (nSPS) is 11.9. The third kappa shape index (κ3) is 4.76. The second kappa shape index (κ2) is 8.94. The van der Waals surface area contributed by atoms with E-state index in [1.807, 2.05) is 17.6 Å². The van der Waals surface area contributed by atoms with Crippen LogP contribution in [-0.4, -0.2) is 23.1 Å². The van der Waals surface area contributed by atoms with Gasteiger partial charge in [0.05, 0.1) is 24.4 Å². The predicted molar refractivity (Wildman–Crippen MR) is 105 cm³/mol. The molecule has 2 aromatic heterocycles. The summed E-state index contributed by atoms with van der Waals surface area (Å²) in [5, 5.41) is 2.53. The van der Waals surface area contributed by atoms with E-state index in [4.69, 9.17) is 9.15 Å². The molecule has 3 rings (SSSR count). The summed E-state index contributed by atoms with van der Waals surface area (Å²) in [6.07, 6.45) is 1.58. The number of hydrogen-bond donors (Lipinski definition) is 1. The van der Waals surface area contributed by atoms with Crippen LogP contribution >= 0.6 is 0 Å². The summed E-state index contributed by atoms with van der Waals surface area (Å²) in [5.74, 6) is -1.94. The van der Waals surface area contributed by atoms with Crippen molar-refractivity contribution in [3.63, 3.8) is 0 Å². The zero-order valence-electron chi connectivity index (χ0n) is 16.9. The number of carbonyl (C=O) groups is 2. The highest BCUT2D eigenvalue weighted by Crippen LogP contribution is 2.19. The minimum absolute atomic E-state index is 0.137. The standard InChI is InChI=1S/C22H22F2N2O4/c1-13-9-19(15(3)26(13)11-17-5-4-8-29-17)22(28)30-12-21(27)25-14(2)18-7-6-16(23)10-20(18)24/h4-10,14H,11-12H2,1-3H3,(H,25,27)/t14-/m1/s1. The van der Waals surface area contributed by atoms with Crippen molar-refractivity contribution < 1.29 is 27.5 Å². The molecule has 2 heterocycles. The van der Waals surface area contributed by atoms with Gasteiger partial charge in [-0.2, -0.15) is 0 Å². The summed E-state index contributed by atoms with van der Waals surface area (Å²) >= 11 is 0. The minimum Gasteiger partial charge on any atom is -0.467 e. The number of nitrogens with zero attached hydrogens (tertiary/aromatic N) is 1. The fourth-order valence-corrected chi connectivity index (χ4v) is 3.23. The highest BCUT2D eigenvalue weighted by molar-refractivity contribution is 5.92. The lowest BCUT2D eigenvalue weighted by Crippen LogP contribution is -2.31. The molecule has 0 aliphatic heterocycles. The zero-order valence-corrected chi connectivity index (χ0v) is 16.9. The molecular weight excluding hydrogens is 394 g/mol. The van der Waals surface area contributed by atoms with Gasteiger partial charge in [-0.3, -0.25) is 4.79 Å². The Hall–Kier alpha value is -3.42. The molecular formula is C22H22F2N2O4. The molecule has 8 heteroatoms. The van der Waals surface area contributed by atoms with Crippen molar-refractivity contribution in [1.82, 2.24) is 9.88 Å². The van der Waals surface area contributed by atoms with Gasteiger partial charge in [-0.15, -0.1) is 0 Å². The Morgan fingerprint density at radius 3 is 2.63 bits per heavy atom. The summed E-state index contributed by atoms with van der Waals surface area (Å²) in [4.78, 5) is 24.6. The van der Waals surface area contributed by atoms with Crippen molar-refractivity contribution in [2.24, 2.45) is 0 Å². The first-order valence-electron chi connectivity index (χ1n) is 9.36. The number of furan rings is 1. The fourth-order valence-electron chi connectivity index (χ4n) is 3.23. The van der Waals surface area contributed by atoms with Crippen LogP contribution < -0.4 is 5.32 Å². The van der Waals surface area contributed by atoms with Crippen LogP contribution in [0, 0.1) is 25.5 Å². The van der Waals surface area contributed by atoms with Gasteiger partial charge in [0.15, 0.2) is 6.61 Å². The third-order valence-corrected chi connectivity index (χ3v) is 4.83. The first-order chi connectivity index (χ1) is 14.3. The van der Waals surface area contributed by atoms with Gasteiger partial charge >= 0.3 is 5.97 Å². The number of halogens is 2. The molecule has 0 bridgehead atoms. The number of hydrogen-bond acceptors (Lipinski definition) is 4. The Balaban J connectivity index is 1.59. The van der Waals surface area contributed by atoms with Crippen LogP contribution in [0.2, 0.25) is 0 Å². The fraction of sp³-hybridized carbons (Fsp3) is 0.273. The quantitative estimate of drug-likeness (QED) is 0.590. The number of carbonyl (C=O) groups excluding carboxylic acids is 2. The zero-order chi connectivity index (χ0) is 21.8. The maximum absolute atomic E-state index is 13.8. The Bertz CT molecular complexity index is 1060. The van der Waals surface area contributed by atoms with Crippen LogP contribution in [0.4, 0.5) is 8.78 Å². The summed E-state index contributed by atoms with van der Waals surface area (Å²) < 4.78 is 39.2. The van der Waals surface area contributed by atoms with Crippen LogP contribution in [0.3, 0.4) is 0 Å². The minimum atomic E-state index is -0.760. The molecule has 0 radical (unpaired) electrons. The molecule has 1 atom stereocenters. The predicted octanol–water partition coefficient (Wildman–Crippen LogP) is 4.06. The Kier molecular flexibility index (Phi) is 6.34. The maximum atomic E-state index is 13.8. The van der Waals surface area contributed by atoms with Crippen molar-refractivity contribution in [1.29, 1.82) is 0 Å². The van der Waals surface area contributed by atoms with E-state index in [0.29, 0.717) is 17.8 Å². The average Bonchev–Trinajstić information content (AvgIpc) is 3.29. The van der Waals surface area contributed by atoms with Crippen molar-refractivity contribution in [3.8, 4) is 0 Å². The molecule has 0 unspecified atom stereocenters. The van der Waals surface area contributed by atoms with Crippen molar-refractivity contribution >= 4 is 11.9 Å². The largest absolute Gasteiger partial charge is 0.467 e. The number of rotatable bonds is 7. The lowest BCUT2D eigenvalue weighted by Gasteiger charge is -2.15. The Morgan fingerprint density at radius 2 is 1.97 bits per heavy atom. The lowest BCUT2D eigenvalue weighted by atomic mass is 10.1. The number of aryl methyl sites for hydroxylation is 1. The van der Waals surface area contributed by atoms with Crippen LogP contribution in [0.15, 0.2) is 47.1 Å². The molecule has 6 nitrogen and oxygen atoms in total. The van der Waals surface area contributed by atoms with E-state index >= 15 is 0 Å². The van der Waals surface area contributed by atoms with E-state index < -0.39 is 36.2 Å². The summed E-state index contributed by atoms with van der Waals surface area (Å²) in [5.41, 5.74) is 2.03. The number of amides is 1. The van der Waals surface area contributed by atoms with Gasteiger partial charge in [0.1, 0.15) is 17.4 Å². The number of benzene rings is 1. The second-order valence-corrected chi connectivity index (χ2v) is 6.98. The SMILES string of the molecule is Cc1cc(C(=O)OCC(=O)N[C@H](C)c2ccc(F)cc2F)c(C)n1Cc1ccco1. The van der Waals surface area contributed by atoms with Gasteiger partial charge in [-0.05, 0) is 45.0 Å². The smallest absolute Gasteiger partial charge is 0.340 e. The summed E-state index contributed by atoms with van der Waals surface area (Å²) in [6.45, 7) is 5.15. The Morgan fingerprint density at radius 1 is 1.20 bits per heavy atom. The highest BCUT2D eigenvalue weighted by atomic mass is 19.1. The van der Waals surface area contributed by atoms with Crippen LogP contribution in [0.5, 0.6) is 0 Å². The average molecular weight is 416 g/mol. The van der Waals surface area contributed by atoms with Gasteiger partial charge < -0.3 is 19.0 Å². The second-order valence-electron chi connectivity index (χ2n) is 6.98. The number of esters is 1. The third-order valence-electron chi connectivity index (χ3n) is 4.83. The van der Waals surface area contributed by atoms with Gasteiger partial charge in [0.25, 0.3) is 5.91 Å². The van der Waals surface area contributed by atoms with E-state index in [-0.39, 0.29) is 5.56 Å². The molecule has 0 spiro atoms. The van der Waals surface area contributed by atoms with E-state index in [2.05, 4.69) is 5.32 Å². The molecule has 1 aromatic carbocycles. The van der Waals surface area contributed by atoms with Crippen molar-refractivity contribution in [2.75, 3.05) is 6.61 Å². The highest BCUT2D eigenvalue weighted by Gasteiger charge is 2.20. The molecule has 0 fully saturated rings. The maximum Gasteiger partial charge on any atom is 0.340 e. The van der Waals surface area contributed by atoms with Crippen LogP contribution in [0.25, 0.3) is 0 Å². The monoisotopic (exact) mass is 416 g/mol. The molecule has 1 amide bonds. The molecule has 158 valence electrons. The van der Waals surface area contributed by atoms with Crippen molar-refractivity contribution in [3.05, 3.63) is 82.6 Å². The summed E-state index contributed by atoms with van der Waals surface area (Å²) in [6, 6.07) is 7.72. The van der Waals surface area contributed by atoms with Gasteiger partial charge in [0, 0.05) is 23.0 Å². The Labute approximate surface area is 172 Å². The first kappa shape index (κ1) is 21.3. The van der Waals surface area contributed by atoms with Crippen LogP contribution in [-0.2, 0) is 16.1 Å².